The molecule has 0 unspecified atom stereocenters. The lowest BCUT2D eigenvalue weighted by atomic mass is 9.67. The first kappa shape index (κ1) is 59.0. The van der Waals surface area contributed by atoms with Gasteiger partial charge in [-0.3, -0.25) is 0 Å². The van der Waals surface area contributed by atoms with E-state index in [0.29, 0.717) is 0 Å². The summed E-state index contributed by atoms with van der Waals surface area (Å²) < 4.78 is 0. The predicted molar refractivity (Wildman–Crippen MR) is 387 cm³/mol. The molecule has 3 heteroatoms. The molecular formula is C88H75N3. The van der Waals surface area contributed by atoms with Crippen LogP contribution in [0.25, 0.3) is 33.4 Å². The first-order valence-corrected chi connectivity index (χ1v) is 31.9. The second-order valence-electron chi connectivity index (χ2n) is 23.7. The highest BCUT2D eigenvalue weighted by atomic mass is 15.2. The molecule has 0 fully saturated rings. The third-order valence-corrected chi connectivity index (χ3v) is 17.5. The number of hydrogen-bond acceptors (Lipinski definition) is 3. The molecule has 3 nitrogen and oxygen atoms in total. The van der Waals surface area contributed by atoms with Crippen molar-refractivity contribution in [3.05, 3.63) is 397 Å². The van der Waals surface area contributed by atoms with Crippen molar-refractivity contribution < 1.29 is 0 Å². The third-order valence-electron chi connectivity index (χ3n) is 17.5. The Morgan fingerprint density at radius 2 is 0.604 bits per heavy atom. The molecule has 0 amide bonds. The van der Waals surface area contributed by atoms with E-state index >= 15 is 0 Å². The van der Waals surface area contributed by atoms with Crippen molar-refractivity contribution in [2.45, 2.75) is 51.9 Å². The molecule has 3 aliphatic rings. The standard InChI is InChI=1S/C74H57N3.C7H10.C7H8/c1-54-36-38-55(39-37-54)56-42-48-66(49-43-56)76(63-26-10-4-11-27-63)68-30-18-20-59(52-68)74(72-34-16-14-32-70(72)71-33-15-17-35-73(71)74)60-21-19-31-69(53-60)77(64-28-12-5-13-29-64)67-50-44-58(45-51-67)57-40-46-65(47-41-57)75(61-22-6-2-7-23-61)62-24-8-3-9-25-62;2*1-7-5-3-2-4-6-7/h2-4,6-12,14-53H,5,13H2,1H3;3,5-6H,2,4H2,1H3;2-6H,1H3. The third kappa shape index (κ3) is 12.8. The molecule has 442 valence electrons. The number of para-hydroxylation sites is 3. The maximum absolute atomic E-state index is 2.45. The summed E-state index contributed by atoms with van der Waals surface area (Å²) in [4.78, 5) is 7.14. The summed E-state index contributed by atoms with van der Waals surface area (Å²) in [6.45, 7) is 6.35. The molecule has 0 radical (unpaired) electrons. The van der Waals surface area contributed by atoms with Gasteiger partial charge in [0.2, 0.25) is 0 Å². The van der Waals surface area contributed by atoms with Crippen LogP contribution in [-0.2, 0) is 5.41 Å². The van der Waals surface area contributed by atoms with Crippen molar-refractivity contribution in [1.29, 1.82) is 0 Å². The van der Waals surface area contributed by atoms with Crippen molar-refractivity contribution in [3.63, 3.8) is 0 Å². The second kappa shape index (κ2) is 27.6. The minimum absolute atomic E-state index is 0.647. The molecule has 0 aromatic heterocycles. The summed E-state index contributed by atoms with van der Waals surface area (Å²) in [5.41, 5.74) is 25.6. The molecule has 12 aromatic carbocycles. The van der Waals surface area contributed by atoms with Gasteiger partial charge in [0.25, 0.3) is 0 Å². The highest BCUT2D eigenvalue weighted by Gasteiger charge is 2.46. The summed E-state index contributed by atoms with van der Waals surface area (Å²) in [5.74, 6) is 0. The molecule has 0 N–H and O–H groups in total. The van der Waals surface area contributed by atoms with E-state index in [4.69, 9.17) is 0 Å². The van der Waals surface area contributed by atoms with Crippen molar-refractivity contribution in [2.75, 3.05) is 14.7 Å². The lowest BCUT2D eigenvalue weighted by Gasteiger charge is -2.36. The number of anilines is 8. The minimum Gasteiger partial charge on any atom is -0.311 e. The molecule has 0 atom stereocenters. The van der Waals surface area contributed by atoms with Crippen LogP contribution in [0, 0.1) is 13.8 Å². The zero-order valence-electron chi connectivity index (χ0n) is 52.2. The molecule has 0 aliphatic heterocycles. The van der Waals surface area contributed by atoms with Gasteiger partial charge in [0, 0.05) is 51.2 Å². The maximum atomic E-state index is 2.45. The molecule has 3 aliphatic carbocycles. The normalized spacial score (nSPS) is 13.2. The summed E-state index contributed by atoms with van der Waals surface area (Å²) in [6.07, 6.45) is 18.1. The Labute approximate surface area is 538 Å². The van der Waals surface area contributed by atoms with Gasteiger partial charge in [0.15, 0.2) is 0 Å². The summed E-state index contributed by atoms with van der Waals surface area (Å²) >= 11 is 0. The van der Waals surface area contributed by atoms with Crippen molar-refractivity contribution in [3.8, 4) is 33.4 Å². The number of fused-ring (bicyclic) bond motifs is 3. The fourth-order valence-electron chi connectivity index (χ4n) is 13.1. The average molecular weight is 1170 g/mol. The van der Waals surface area contributed by atoms with E-state index in [0.717, 1.165) is 63.9 Å². The van der Waals surface area contributed by atoms with Crippen LogP contribution in [0.2, 0.25) is 0 Å². The average Bonchev–Trinajstić information content (AvgIpc) is 1.57. The van der Waals surface area contributed by atoms with Gasteiger partial charge in [-0.1, -0.05) is 265 Å². The zero-order chi connectivity index (χ0) is 61.8. The number of allylic oxidation sites excluding steroid dienone is 7. The predicted octanol–water partition coefficient (Wildman–Crippen LogP) is 24.3. The summed E-state index contributed by atoms with van der Waals surface area (Å²) in [6, 6.07) is 115. The van der Waals surface area contributed by atoms with E-state index in [1.807, 2.05) is 18.2 Å². The van der Waals surface area contributed by atoms with Gasteiger partial charge >= 0.3 is 0 Å². The van der Waals surface area contributed by atoms with Crippen LogP contribution >= 0.6 is 0 Å². The van der Waals surface area contributed by atoms with E-state index in [2.05, 4.69) is 369 Å². The summed E-state index contributed by atoms with van der Waals surface area (Å²) in [7, 11) is 0. The van der Waals surface area contributed by atoms with E-state index in [9.17, 15) is 0 Å². The molecule has 0 bridgehead atoms. The van der Waals surface area contributed by atoms with Crippen LogP contribution in [0.15, 0.2) is 363 Å². The number of hydrogen-bond donors (Lipinski definition) is 0. The van der Waals surface area contributed by atoms with Gasteiger partial charge < -0.3 is 14.7 Å². The number of benzene rings is 12. The molecule has 0 saturated heterocycles. The Morgan fingerprint density at radius 3 is 0.989 bits per heavy atom. The van der Waals surface area contributed by atoms with Crippen LogP contribution in [0.4, 0.5) is 45.5 Å². The fraction of sp³-hybridized carbons (Fsp3) is 0.0909. The Kier molecular flexibility index (Phi) is 17.9. The highest BCUT2D eigenvalue weighted by molar-refractivity contribution is 5.89. The highest BCUT2D eigenvalue weighted by Crippen LogP contribution is 2.57. The molecule has 91 heavy (non-hydrogen) atoms. The molecule has 12 aromatic rings. The van der Waals surface area contributed by atoms with Crippen molar-refractivity contribution >= 4 is 45.5 Å². The van der Waals surface area contributed by atoms with Crippen molar-refractivity contribution in [1.82, 2.24) is 0 Å². The van der Waals surface area contributed by atoms with Crippen LogP contribution in [0.3, 0.4) is 0 Å². The Hall–Kier alpha value is -11.0. The van der Waals surface area contributed by atoms with E-state index in [1.165, 1.54) is 85.3 Å². The van der Waals surface area contributed by atoms with E-state index < -0.39 is 5.41 Å². The second-order valence-corrected chi connectivity index (χ2v) is 23.7. The molecule has 0 spiro atoms. The van der Waals surface area contributed by atoms with Crippen LogP contribution in [0.5, 0.6) is 0 Å². The number of nitrogens with zero attached hydrogens (tertiary/aromatic N) is 3. The van der Waals surface area contributed by atoms with Gasteiger partial charge in [-0.25, -0.2) is 0 Å². The largest absolute Gasteiger partial charge is 0.311 e. The molecule has 0 heterocycles. The van der Waals surface area contributed by atoms with Gasteiger partial charge in [-0.2, -0.15) is 0 Å². The van der Waals surface area contributed by atoms with Gasteiger partial charge in [-0.15, -0.1) is 0 Å². The van der Waals surface area contributed by atoms with Gasteiger partial charge in [-0.05, 0) is 205 Å². The lowest BCUT2D eigenvalue weighted by Crippen LogP contribution is -2.29. The van der Waals surface area contributed by atoms with Crippen molar-refractivity contribution in [2.24, 2.45) is 0 Å². The monoisotopic (exact) mass is 1170 g/mol. The van der Waals surface area contributed by atoms with Crippen LogP contribution in [-0.4, -0.2) is 0 Å². The Balaban J connectivity index is 0.000000480. The SMILES string of the molecule is CC1=CCCC=C1.Cc1ccc(-c2ccc(N(c3ccccc3)c3cccc(C4(c5cccc(N(C6=CCCC=C6)c6ccc(-c7ccc(N(c8ccccc8)c8ccccc8)cc7)cc6)c5)c5ccccc5-c5ccccc54)c3)cc2)cc1.Cc1ccccc1. The van der Waals surface area contributed by atoms with E-state index in [-0.39, 0.29) is 0 Å². The van der Waals surface area contributed by atoms with Gasteiger partial charge in [0.1, 0.15) is 0 Å². The fourth-order valence-corrected chi connectivity index (χ4v) is 13.1. The topological polar surface area (TPSA) is 9.72 Å². The Morgan fingerprint density at radius 1 is 0.264 bits per heavy atom. The lowest BCUT2D eigenvalue weighted by molar-refractivity contribution is 0.768. The van der Waals surface area contributed by atoms with Crippen LogP contribution in [0.1, 0.15) is 66.0 Å². The number of rotatable bonds is 13. The number of aryl methyl sites for hydroxylation is 2. The van der Waals surface area contributed by atoms with E-state index in [1.54, 1.807) is 0 Å². The first-order valence-electron chi connectivity index (χ1n) is 31.9. The van der Waals surface area contributed by atoms with Gasteiger partial charge in [0.05, 0.1) is 5.41 Å². The zero-order valence-corrected chi connectivity index (χ0v) is 52.2. The first-order chi connectivity index (χ1) is 44.9. The minimum atomic E-state index is -0.647. The summed E-state index contributed by atoms with van der Waals surface area (Å²) in [5, 5.41) is 0. The van der Waals surface area contributed by atoms with Crippen LogP contribution < -0.4 is 14.7 Å². The molecular weight excluding hydrogens is 1100 g/mol. The molecule has 15 rings (SSSR count). The Bertz CT molecular complexity index is 4420. The maximum Gasteiger partial charge on any atom is 0.0715 e. The smallest absolute Gasteiger partial charge is 0.0715 e. The molecule has 0 saturated carbocycles. The quantitative estimate of drug-likeness (QED) is 0.114.